The van der Waals surface area contributed by atoms with E-state index in [-0.39, 0.29) is 23.5 Å². The fourth-order valence-corrected chi connectivity index (χ4v) is 3.29. The van der Waals surface area contributed by atoms with Gasteiger partial charge in [0.1, 0.15) is 0 Å². The molecule has 0 aromatic heterocycles. The number of nitrogens with two attached hydrogens (primary N) is 1. The highest BCUT2D eigenvalue weighted by molar-refractivity contribution is 14.1. The number of carbonyl (C=O) groups excluding carboxylic acids is 2. The van der Waals surface area contributed by atoms with E-state index in [0.29, 0.717) is 18.0 Å². The maximum atomic E-state index is 12.2. The first-order valence-corrected chi connectivity index (χ1v) is 7.70. The second-order valence-electron chi connectivity index (χ2n) is 3.90. The predicted molar refractivity (Wildman–Crippen MR) is 81.6 cm³/mol. The second kappa shape index (κ2) is 6.03. The lowest BCUT2D eigenvalue weighted by atomic mass is 10.3. The molecule has 1 aliphatic heterocycles. The van der Waals surface area contributed by atoms with Crippen LogP contribution in [0, 0.1) is 3.57 Å². The molecule has 0 bridgehead atoms. The molecule has 2 rings (SSSR count). The Kier molecular flexibility index (Phi) is 4.63. The number of thioether (sulfide) groups is 1. The molecule has 0 saturated carbocycles. The van der Waals surface area contributed by atoms with Crippen molar-refractivity contribution >= 4 is 51.9 Å². The molecule has 4 nitrogen and oxygen atoms in total. The zero-order chi connectivity index (χ0) is 13.1. The van der Waals surface area contributed by atoms with Crippen LogP contribution in [0.25, 0.3) is 0 Å². The molecule has 96 valence electrons. The van der Waals surface area contributed by atoms with Gasteiger partial charge >= 0.3 is 0 Å². The molecule has 1 fully saturated rings. The average Bonchev–Trinajstić information content (AvgIpc) is 2.62. The number of benzene rings is 1. The van der Waals surface area contributed by atoms with E-state index in [9.17, 15) is 9.59 Å². The maximum Gasteiger partial charge on any atom is 0.247 e. The average molecular weight is 376 g/mol. The number of imide groups is 1. The minimum absolute atomic E-state index is 0.125. The monoisotopic (exact) mass is 376 g/mol. The molecule has 18 heavy (non-hydrogen) atoms. The highest BCUT2D eigenvalue weighted by atomic mass is 127. The van der Waals surface area contributed by atoms with Gasteiger partial charge in [0.15, 0.2) is 0 Å². The summed E-state index contributed by atoms with van der Waals surface area (Å²) in [5.74, 6) is 0.445. The van der Waals surface area contributed by atoms with Gasteiger partial charge in [-0.3, -0.25) is 9.59 Å². The molecule has 1 unspecified atom stereocenters. The molecule has 1 saturated heterocycles. The van der Waals surface area contributed by atoms with E-state index < -0.39 is 0 Å². The molecule has 1 atom stereocenters. The van der Waals surface area contributed by atoms with Crippen molar-refractivity contribution in [3.8, 4) is 0 Å². The largest absolute Gasteiger partial charge is 0.330 e. The van der Waals surface area contributed by atoms with E-state index in [1.165, 1.54) is 16.7 Å². The van der Waals surface area contributed by atoms with Gasteiger partial charge < -0.3 is 5.73 Å². The van der Waals surface area contributed by atoms with E-state index in [4.69, 9.17) is 5.73 Å². The van der Waals surface area contributed by atoms with Crippen LogP contribution in [0.2, 0.25) is 0 Å². The van der Waals surface area contributed by atoms with E-state index in [1.54, 1.807) is 6.07 Å². The summed E-state index contributed by atoms with van der Waals surface area (Å²) in [4.78, 5) is 25.4. The van der Waals surface area contributed by atoms with Crippen molar-refractivity contribution in [2.24, 2.45) is 5.73 Å². The topological polar surface area (TPSA) is 63.4 Å². The quantitative estimate of drug-likeness (QED) is 0.641. The number of hydrogen-bond donors (Lipinski definition) is 1. The van der Waals surface area contributed by atoms with Crippen LogP contribution in [0.3, 0.4) is 0 Å². The number of anilines is 1. The summed E-state index contributed by atoms with van der Waals surface area (Å²) in [6, 6.07) is 7.40. The van der Waals surface area contributed by atoms with Crippen LogP contribution in [0.15, 0.2) is 24.3 Å². The normalized spacial score (nSPS) is 19.7. The van der Waals surface area contributed by atoms with Gasteiger partial charge in [-0.25, -0.2) is 4.90 Å². The number of hydrogen-bond acceptors (Lipinski definition) is 4. The van der Waals surface area contributed by atoms with E-state index in [1.807, 2.05) is 18.2 Å². The van der Waals surface area contributed by atoms with Crippen molar-refractivity contribution in [2.45, 2.75) is 11.7 Å². The Balaban J connectivity index is 2.19. The third-order valence-corrected chi connectivity index (χ3v) is 4.52. The van der Waals surface area contributed by atoms with Gasteiger partial charge in [-0.1, -0.05) is 6.07 Å². The zero-order valence-corrected chi connectivity index (χ0v) is 12.6. The fourth-order valence-electron chi connectivity index (χ4n) is 1.83. The van der Waals surface area contributed by atoms with Gasteiger partial charge in [0.25, 0.3) is 0 Å². The van der Waals surface area contributed by atoms with Crippen molar-refractivity contribution in [2.75, 3.05) is 17.2 Å². The molecule has 1 heterocycles. The van der Waals surface area contributed by atoms with E-state index in [2.05, 4.69) is 22.6 Å². The first-order chi connectivity index (χ1) is 8.63. The zero-order valence-electron chi connectivity index (χ0n) is 9.64. The Morgan fingerprint density at radius 3 is 2.89 bits per heavy atom. The summed E-state index contributed by atoms with van der Waals surface area (Å²) in [6.45, 7) is 0.520. The van der Waals surface area contributed by atoms with Crippen molar-refractivity contribution in [3.05, 3.63) is 27.8 Å². The predicted octanol–water partition coefficient (Wildman–Crippen LogP) is 1.62. The molecular weight excluding hydrogens is 363 g/mol. The summed E-state index contributed by atoms with van der Waals surface area (Å²) in [5, 5.41) is -0.279. The smallest absolute Gasteiger partial charge is 0.247 e. The summed E-state index contributed by atoms with van der Waals surface area (Å²) in [7, 11) is 0. The number of carbonyl (C=O) groups is 2. The minimum atomic E-state index is -0.279. The van der Waals surface area contributed by atoms with Crippen LogP contribution in [-0.2, 0) is 9.59 Å². The third kappa shape index (κ3) is 2.86. The molecule has 2 amide bonds. The number of amides is 2. The Labute approximate surface area is 123 Å². The maximum absolute atomic E-state index is 12.2. The summed E-state index contributed by atoms with van der Waals surface area (Å²) >= 11 is 3.62. The summed E-state index contributed by atoms with van der Waals surface area (Å²) < 4.78 is 1.00. The summed E-state index contributed by atoms with van der Waals surface area (Å²) in [6.07, 6.45) is 0.273. The number of nitrogens with zero attached hydrogens (tertiary/aromatic N) is 1. The minimum Gasteiger partial charge on any atom is -0.330 e. The highest BCUT2D eigenvalue weighted by Crippen LogP contribution is 2.29. The molecule has 1 aliphatic rings. The van der Waals surface area contributed by atoms with Crippen LogP contribution in [0.5, 0.6) is 0 Å². The molecule has 1 aromatic rings. The lowest BCUT2D eigenvalue weighted by molar-refractivity contribution is -0.121. The van der Waals surface area contributed by atoms with E-state index in [0.717, 1.165) is 3.57 Å². The molecule has 2 N–H and O–H groups in total. The first kappa shape index (κ1) is 13.8. The van der Waals surface area contributed by atoms with Gasteiger partial charge in [0.05, 0.1) is 10.9 Å². The summed E-state index contributed by atoms with van der Waals surface area (Å²) in [5.41, 5.74) is 6.08. The molecule has 0 aliphatic carbocycles. The van der Waals surface area contributed by atoms with Crippen LogP contribution in [0.4, 0.5) is 5.69 Å². The molecule has 1 aromatic carbocycles. The molecule has 6 heteroatoms. The lowest BCUT2D eigenvalue weighted by Crippen LogP contribution is -2.31. The van der Waals surface area contributed by atoms with Crippen LogP contribution >= 0.6 is 34.4 Å². The van der Waals surface area contributed by atoms with Crippen LogP contribution < -0.4 is 10.6 Å². The van der Waals surface area contributed by atoms with Crippen molar-refractivity contribution in [1.29, 1.82) is 0 Å². The van der Waals surface area contributed by atoms with E-state index >= 15 is 0 Å². The standard InChI is InChI=1S/C12H13IN2O2S/c13-8-2-1-3-9(6-8)15-11(16)7-10(12(15)17)18-5-4-14/h1-3,6,10H,4-5,7,14H2. The van der Waals surface area contributed by atoms with Gasteiger partial charge in [-0.05, 0) is 40.8 Å². The van der Waals surface area contributed by atoms with Crippen molar-refractivity contribution in [3.63, 3.8) is 0 Å². The Morgan fingerprint density at radius 1 is 1.44 bits per heavy atom. The van der Waals surface area contributed by atoms with Gasteiger partial charge in [0.2, 0.25) is 11.8 Å². The lowest BCUT2D eigenvalue weighted by Gasteiger charge is -2.15. The molecule has 0 radical (unpaired) electrons. The van der Waals surface area contributed by atoms with Crippen LogP contribution in [0.1, 0.15) is 6.42 Å². The SMILES string of the molecule is NCCSC1CC(=O)N(c2cccc(I)c2)C1=O. The molecular formula is C12H13IN2O2S. The van der Waals surface area contributed by atoms with Crippen LogP contribution in [-0.4, -0.2) is 29.4 Å². The number of halogens is 1. The third-order valence-electron chi connectivity index (χ3n) is 2.61. The van der Waals surface area contributed by atoms with Gasteiger partial charge in [0, 0.05) is 22.3 Å². The number of rotatable bonds is 4. The molecule has 0 spiro atoms. The first-order valence-electron chi connectivity index (χ1n) is 5.57. The highest BCUT2D eigenvalue weighted by Gasteiger charge is 2.39. The van der Waals surface area contributed by atoms with Crippen molar-refractivity contribution < 1.29 is 9.59 Å². The van der Waals surface area contributed by atoms with Gasteiger partial charge in [-0.15, -0.1) is 11.8 Å². The Bertz CT molecular complexity index is 481. The van der Waals surface area contributed by atoms with Gasteiger partial charge in [-0.2, -0.15) is 0 Å². The second-order valence-corrected chi connectivity index (χ2v) is 6.46. The fraction of sp³-hybridized carbons (Fsp3) is 0.333. The Hall–Kier alpha value is -0.600. The van der Waals surface area contributed by atoms with Crippen molar-refractivity contribution in [1.82, 2.24) is 0 Å². The Morgan fingerprint density at radius 2 is 2.22 bits per heavy atom.